The predicted octanol–water partition coefficient (Wildman–Crippen LogP) is 4.37. The highest BCUT2D eigenvalue weighted by Crippen LogP contribution is 2.22. The maximum Gasteiger partial charge on any atom is 0.274 e. The van der Waals surface area contributed by atoms with Crippen LogP contribution in [-0.2, 0) is 0 Å². The number of carbonyl (C=O) groups is 1. The minimum atomic E-state index is -1.04. The Morgan fingerprint density at radius 3 is 2.58 bits per heavy atom. The SMILES string of the molecule is Cc1cccc(Nc2cc(C(=O)Nc3ccc(F)c(F)c3)ncn2)c1C. The third-order valence-corrected chi connectivity index (χ3v) is 3.94. The van der Waals surface area contributed by atoms with Gasteiger partial charge in [-0.15, -0.1) is 0 Å². The maximum absolute atomic E-state index is 13.2. The highest BCUT2D eigenvalue weighted by molar-refractivity contribution is 6.03. The Morgan fingerprint density at radius 2 is 1.81 bits per heavy atom. The van der Waals surface area contributed by atoms with Crippen molar-refractivity contribution in [2.24, 2.45) is 0 Å². The summed E-state index contributed by atoms with van der Waals surface area (Å²) in [6.07, 6.45) is 1.26. The number of nitrogens with one attached hydrogen (secondary N) is 2. The van der Waals surface area contributed by atoms with E-state index in [-0.39, 0.29) is 11.4 Å². The molecule has 0 aliphatic carbocycles. The van der Waals surface area contributed by atoms with E-state index in [0.717, 1.165) is 28.9 Å². The zero-order valence-corrected chi connectivity index (χ0v) is 14.2. The fraction of sp³-hybridized carbons (Fsp3) is 0.105. The largest absolute Gasteiger partial charge is 0.340 e. The minimum absolute atomic E-state index is 0.0949. The van der Waals surface area contributed by atoms with Crippen LogP contribution in [0.5, 0.6) is 0 Å². The molecule has 1 aromatic heterocycles. The van der Waals surface area contributed by atoms with Gasteiger partial charge < -0.3 is 10.6 Å². The summed E-state index contributed by atoms with van der Waals surface area (Å²) in [5, 5.41) is 5.62. The quantitative estimate of drug-likeness (QED) is 0.730. The summed E-state index contributed by atoms with van der Waals surface area (Å²) < 4.78 is 26.2. The van der Waals surface area contributed by atoms with Gasteiger partial charge in [0.2, 0.25) is 0 Å². The van der Waals surface area contributed by atoms with Crippen molar-refractivity contribution in [2.45, 2.75) is 13.8 Å². The molecule has 0 aliphatic heterocycles. The van der Waals surface area contributed by atoms with E-state index in [1.807, 2.05) is 32.0 Å². The molecular weight excluding hydrogens is 338 g/mol. The Labute approximate surface area is 149 Å². The van der Waals surface area contributed by atoms with Crippen LogP contribution in [0.15, 0.2) is 48.8 Å². The van der Waals surface area contributed by atoms with Crippen LogP contribution in [0.25, 0.3) is 0 Å². The molecule has 26 heavy (non-hydrogen) atoms. The smallest absolute Gasteiger partial charge is 0.274 e. The molecule has 0 unspecified atom stereocenters. The zero-order valence-electron chi connectivity index (χ0n) is 14.2. The Kier molecular flexibility index (Phi) is 4.88. The van der Waals surface area contributed by atoms with Crippen LogP contribution in [0, 0.1) is 25.5 Å². The molecule has 1 heterocycles. The predicted molar refractivity (Wildman–Crippen MR) is 95.5 cm³/mol. The Balaban J connectivity index is 1.79. The molecule has 0 fully saturated rings. The number of carbonyl (C=O) groups excluding carboxylic acids is 1. The van der Waals surface area contributed by atoms with E-state index in [1.165, 1.54) is 18.5 Å². The number of amides is 1. The summed E-state index contributed by atoms with van der Waals surface area (Å²) in [5.41, 5.74) is 3.30. The average Bonchev–Trinajstić information content (AvgIpc) is 2.62. The van der Waals surface area contributed by atoms with E-state index >= 15 is 0 Å². The van der Waals surface area contributed by atoms with Gasteiger partial charge in [0.05, 0.1) is 0 Å². The lowest BCUT2D eigenvalue weighted by atomic mass is 10.1. The topological polar surface area (TPSA) is 66.9 Å². The molecule has 0 atom stereocenters. The number of anilines is 3. The van der Waals surface area contributed by atoms with Crippen molar-refractivity contribution in [1.29, 1.82) is 0 Å². The third-order valence-electron chi connectivity index (χ3n) is 3.94. The van der Waals surface area contributed by atoms with E-state index in [2.05, 4.69) is 20.6 Å². The number of hydrogen-bond donors (Lipinski definition) is 2. The number of benzene rings is 2. The van der Waals surface area contributed by atoms with Crippen molar-refractivity contribution in [2.75, 3.05) is 10.6 Å². The molecule has 0 spiro atoms. The average molecular weight is 354 g/mol. The fourth-order valence-electron chi connectivity index (χ4n) is 2.34. The molecule has 3 aromatic rings. The van der Waals surface area contributed by atoms with Crippen LogP contribution >= 0.6 is 0 Å². The second-order valence-corrected chi connectivity index (χ2v) is 5.74. The molecule has 0 saturated carbocycles. The van der Waals surface area contributed by atoms with E-state index in [4.69, 9.17) is 0 Å². The molecule has 7 heteroatoms. The molecule has 0 saturated heterocycles. The van der Waals surface area contributed by atoms with Crippen molar-refractivity contribution >= 4 is 23.1 Å². The summed E-state index contributed by atoms with van der Waals surface area (Å²) in [4.78, 5) is 20.3. The lowest BCUT2D eigenvalue weighted by Crippen LogP contribution is -2.14. The van der Waals surface area contributed by atoms with Crippen LogP contribution in [0.1, 0.15) is 21.6 Å². The molecule has 132 valence electrons. The normalized spacial score (nSPS) is 10.5. The van der Waals surface area contributed by atoms with E-state index < -0.39 is 17.5 Å². The number of hydrogen-bond acceptors (Lipinski definition) is 4. The highest BCUT2D eigenvalue weighted by Gasteiger charge is 2.11. The first-order valence-electron chi connectivity index (χ1n) is 7.86. The summed E-state index contributed by atoms with van der Waals surface area (Å²) >= 11 is 0. The van der Waals surface area contributed by atoms with Crippen LogP contribution in [0.2, 0.25) is 0 Å². The number of nitrogens with zero attached hydrogens (tertiary/aromatic N) is 2. The Bertz CT molecular complexity index is 976. The van der Waals surface area contributed by atoms with Gasteiger partial charge in [-0.25, -0.2) is 18.7 Å². The van der Waals surface area contributed by atoms with E-state index in [0.29, 0.717) is 5.82 Å². The molecule has 2 aromatic carbocycles. The summed E-state index contributed by atoms with van der Waals surface area (Å²) in [7, 11) is 0. The first-order chi connectivity index (χ1) is 12.4. The Hall–Kier alpha value is -3.35. The number of aryl methyl sites for hydroxylation is 1. The second kappa shape index (κ2) is 7.26. The molecule has 0 radical (unpaired) electrons. The van der Waals surface area contributed by atoms with Crippen molar-refractivity contribution < 1.29 is 13.6 Å². The molecule has 2 N–H and O–H groups in total. The maximum atomic E-state index is 13.2. The van der Waals surface area contributed by atoms with Crippen molar-refractivity contribution in [3.63, 3.8) is 0 Å². The number of halogens is 2. The monoisotopic (exact) mass is 354 g/mol. The highest BCUT2D eigenvalue weighted by atomic mass is 19.2. The molecule has 0 bridgehead atoms. The summed E-state index contributed by atoms with van der Waals surface area (Å²) in [6, 6.07) is 10.4. The van der Waals surface area contributed by atoms with Crippen molar-refractivity contribution in [1.82, 2.24) is 9.97 Å². The van der Waals surface area contributed by atoms with E-state index in [1.54, 1.807) is 0 Å². The first kappa shape index (κ1) is 17.5. The standard InChI is InChI=1S/C19H16F2N4O/c1-11-4-3-5-16(12(11)2)25-18-9-17(22-10-23-18)19(26)24-13-6-7-14(20)15(21)8-13/h3-10H,1-2H3,(H,24,26)(H,22,23,25). The van der Waals surface area contributed by atoms with Crippen LogP contribution < -0.4 is 10.6 Å². The van der Waals surface area contributed by atoms with Crippen molar-refractivity contribution in [3.05, 3.63) is 77.2 Å². The summed E-state index contributed by atoms with van der Waals surface area (Å²) in [5.74, 6) is -2.13. The number of rotatable bonds is 4. The van der Waals surface area contributed by atoms with Gasteiger partial charge in [0.1, 0.15) is 17.8 Å². The van der Waals surface area contributed by atoms with Gasteiger partial charge in [0.15, 0.2) is 11.6 Å². The first-order valence-corrected chi connectivity index (χ1v) is 7.86. The van der Waals surface area contributed by atoms with Crippen LogP contribution in [0.4, 0.5) is 26.0 Å². The van der Waals surface area contributed by atoms with Gasteiger partial charge >= 0.3 is 0 Å². The zero-order chi connectivity index (χ0) is 18.7. The Morgan fingerprint density at radius 1 is 1.00 bits per heavy atom. The summed E-state index contributed by atoms with van der Waals surface area (Å²) in [6.45, 7) is 3.98. The third kappa shape index (κ3) is 3.83. The van der Waals surface area contributed by atoms with Crippen LogP contribution in [0.3, 0.4) is 0 Å². The molecule has 3 rings (SSSR count). The second-order valence-electron chi connectivity index (χ2n) is 5.74. The van der Waals surface area contributed by atoms with Gasteiger partial charge in [-0.3, -0.25) is 4.79 Å². The lowest BCUT2D eigenvalue weighted by molar-refractivity contribution is 0.102. The molecule has 5 nitrogen and oxygen atoms in total. The van der Waals surface area contributed by atoms with Gasteiger partial charge in [0, 0.05) is 23.5 Å². The van der Waals surface area contributed by atoms with Crippen LogP contribution in [-0.4, -0.2) is 15.9 Å². The van der Waals surface area contributed by atoms with Gasteiger partial charge in [-0.05, 0) is 43.2 Å². The minimum Gasteiger partial charge on any atom is -0.340 e. The molecular formula is C19H16F2N4O. The van der Waals surface area contributed by atoms with E-state index in [9.17, 15) is 13.6 Å². The van der Waals surface area contributed by atoms with Gasteiger partial charge in [-0.2, -0.15) is 0 Å². The number of aromatic nitrogens is 2. The van der Waals surface area contributed by atoms with Gasteiger partial charge in [-0.1, -0.05) is 12.1 Å². The lowest BCUT2D eigenvalue weighted by Gasteiger charge is -2.11. The van der Waals surface area contributed by atoms with Crippen molar-refractivity contribution in [3.8, 4) is 0 Å². The fourth-order valence-corrected chi connectivity index (χ4v) is 2.34. The molecule has 1 amide bonds. The van der Waals surface area contributed by atoms with Gasteiger partial charge in [0.25, 0.3) is 5.91 Å². The molecule has 0 aliphatic rings.